The molecule has 1 aromatic rings. The summed E-state index contributed by atoms with van der Waals surface area (Å²) in [5.74, 6) is -3.90. The lowest BCUT2D eigenvalue weighted by Gasteiger charge is -2.39. The Bertz CT molecular complexity index is 2370. The predicted molar refractivity (Wildman–Crippen MR) is 296 cm³/mol. The zero-order valence-electron chi connectivity index (χ0n) is 47.5. The van der Waals surface area contributed by atoms with Gasteiger partial charge in [-0.05, 0) is 108 Å². The van der Waals surface area contributed by atoms with Gasteiger partial charge in [0.25, 0.3) is 0 Å². The third kappa shape index (κ3) is 22.9. The number of unbranched alkanes of at least 4 members (excludes halogenated alkanes) is 1. The normalized spacial score (nSPS) is 24.2. The van der Waals surface area contributed by atoms with Crippen molar-refractivity contribution in [2.24, 2.45) is 29.2 Å². The molecular weight excluding hydrogens is 1040 g/mol. The highest BCUT2D eigenvalue weighted by Crippen LogP contribution is 2.43. The molecular formula is C57H86N8O15. The second-order valence-corrected chi connectivity index (χ2v) is 21.6. The molecule has 23 nitrogen and oxygen atoms in total. The number of nitrogens with two attached hydrogens (primary N) is 2. The number of ketones is 2. The van der Waals surface area contributed by atoms with E-state index in [1.54, 1.807) is 51.1 Å². The fraction of sp³-hybridized carbons (Fsp3) is 0.632. The number of nitrogens with one attached hydrogen (secondary N) is 6. The number of ether oxygens (including phenoxy) is 5. The molecule has 12 atom stereocenters. The SMILES string of the molecule is CC(=O)N[C@@H](CCCCN)C(=O)N[C@H](C(=O)C[C@@H](CCCNC(N)=O)C(=O)Nc1ccc(COC(=O)NCC(=O)C[C@@H]2C[C@@]3(CO3)[C@H](O)[C@@H](/C=C/C(C)=C/C[C@@H]3O[C@H](C)[C@H](NC(=O)/C=C\[C@H](C)OC(C)=O)C[C@@H]3C)O2)cc1)C(C)C. The van der Waals surface area contributed by atoms with E-state index in [9.17, 15) is 48.3 Å². The highest BCUT2D eigenvalue weighted by atomic mass is 16.6. The smallest absolute Gasteiger partial charge is 0.407 e. The number of hydrogen-bond acceptors (Lipinski definition) is 16. The van der Waals surface area contributed by atoms with Crippen LogP contribution in [0.2, 0.25) is 0 Å². The van der Waals surface area contributed by atoms with Crippen molar-refractivity contribution in [2.75, 3.05) is 31.6 Å². The standard InChI is InChI=1S/C57H86N8O15/c1-33(2)51(65-54(73)45(62-38(7)66)13-9-10-24-58)47(69)27-41(12-11-25-60-55(59)74)53(72)63-42-19-17-40(18-20-42)31-76-56(75)61-30-43(68)28-44-29-57(32-77-57)52(71)49(80-44)22-15-34(3)14-21-48-35(4)26-46(37(6)79-48)64-50(70)23-16-36(5)78-39(8)67/h14-20,22-23,33,35-37,41,44-46,48-49,51-52,71H,9-13,21,24-32,58H2,1-8H3,(H,61,75)(H,62,66)(H,63,72)(H,64,70)(H,65,73)(H3,59,60,74)/b22-15+,23-16-,34-14+/t35-,36-,37+,41+,44+,45-,46+,48-,49+,51-,52+,57+/m0/s1. The van der Waals surface area contributed by atoms with E-state index in [0.29, 0.717) is 69.3 Å². The number of urea groups is 1. The van der Waals surface area contributed by atoms with Crippen molar-refractivity contribution in [3.05, 3.63) is 65.8 Å². The van der Waals surface area contributed by atoms with Crippen LogP contribution in [0.5, 0.6) is 0 Å². The number of epoxide rings is 1. The van der Waals surface area contributed by atoms with E-state index < -0.39 is 83.8 Å². The van der Waals surface area contributed by atoms with Crippen LogP contribution in [0.3, 0.4) is 0 Å². The van der Waals surface area contributed by atoms with Crippen LogP contribution in [0.15, 0.2) is 60.2 Å². The summed E-state index contributed by atoms with van der Waals surface area (Å²) in [4.78, 5) is 114. The lowest BCUT2D eigenvalue weighted by atomic mass is 9.87. The van der Waals surface area contributed by atoms with Gasteiger partial charge in [0.15, 0.2) is 11.6 Å². The Morgan fingerprint density at radius 3 is 2.25 bits per heavy atom. The highest BCUT2D eigenvalue weighted by Gasteiger charge is 2.58. The summed E-state index contributed by atoms with van der Waals surface area (Å²) < 4.78 is 28.6. The van der Waals surface area contributed by atoms with Crippen LogP contribution >= 0.6 is 0 Å². The molecule has 1 aromatic carbocycles. The first kappa shape index (κ1) is 66.0. The maximum Gasteiger partial charge on any atom is 0.407 e. The minimum atomic E-state index is -0.959. The highest BCUT2D eigenvalue weighted by molar-refractivity contribution is 5.98. The fourth-order valence-electron chi connectivity index (χ4n) is 9.65. The number of amides is 7. The summed E-state index contributed by atoms with van der Waals surface area (Å²) in [6, 6.07) is 3.70. The summed E-state index contributed by atoms with van der Waals surface area (Å²) >= 11 is 0. The minimum Gasteiger partial charge on any atom is -0.459 e. The van der Waals surface area contributed by atoms with E-state index in [1.807, 2.05) is 26.0 Å². The van der Waals surface area contributed by atoms with Gasteiger partial charge in [-0.2, -0.15) is 0 Å². The van der Waals surface area contributed by atoms with Crippen LogP contribution in [-0.2, 0) is 63.9 Å². The van der Waals surface area contributed by atoms with Crippen molar-refractivity contribution in [3.8, 4) is 0 Å². The van der Waals surface area contributed by atoms with Crippen molar-refractivity contribution in [1.82, 2.24) is 26.6 Å². The van der Waals surface area contributed by atoms with Gasteiger partial charge >= 0.3 is 18.1 Å². The van der Waals surface area contributed by atoms with Crippen molar-refractivity contribution >= 4 is 59.0 Å². The summed E-state index contributed by atoms with van der Waals surface area (Å²) in [5, 5.41) is 27.4. The Balaban J connectivity index is 1.24. The Labute approximate surface area is 469 Å². The molecule has 0 aromatic heterocycles. The van der Waals surface area contributed by atoms with Crippen molar-refractivity contribution in [3.63, 3.8) is 0 Å². The number of Topliss-reactive ketones (excluding diaryl/α,β-unsaturated/α-hetero) is 2. The number of aliphatic hydroxyl groups is 1. The van der Waals surface area contributed by atoms with Crippen LogP contribution in [0.25, 0.3) is 0 Å². The van der Waals surface area contributed by atoms with Crippen LogP contribution in [0, 0.1) is 17.8 Å². The van der Waals surface area contributed by atoms with E-state index in [-0.39, 0.29) is 86.5 Å². The van der Waals surface area contributed by atoms with Gasteiger partial charge in [0.2, 0.25) is 23.6 Å². The zero-order valence-corrected chi connectivity index (χ0v) is 47.5. The molecule has 3 fully saturated rings. The molecule has 0 aliphatic carbocycles. The third-order valence-electron chi connectivity index (χ3n) is 14.2. The number of anilines is 1. The number of primary amides is 1. The Morgan fingerprint density at radius 1 is 0.900 bits per heavy atom. The Morgan fingerprint density at radius 2 is 1.61 bits per heavy atom. The molecule has 444 valence electrons. The fourth-order valence-corrected chi connectivity index (χ4v) is 9.65. The molecule has 0 unspecified atom stereocenters. The van der Waals surface area contributed by atoms with Gasteiger partial charge in [0, 0.05) is 57.3 Å². The second kappa shape index (κ2) is 32.7. The third-order valence-corrected chi connectivity index (χ3v) is 14.2. The van der Waals surface area contributed by atoms with E-state index in [4.69, 9.17) is 35.2 Å². The summed E-state index contributed by atoms with van der Waals surface area (Å²) in [5.41, 5.74) is 11.9. The average molecular weight is 1120 g/mol. The van der Waals surface area contributed by atoms with Crippen LogP contribution in [0.1, 0.15) is 125 Å². The van der Waals surface area contributed by atoms with Gasteiger partial charge in [-0.15, -0.1) is 0 Å². The molecule has 3 aliphatic heterocycles. The van der Waals surface area contributed by atoms with Gasteiger partial charge in [-0.3, -0.25) is 33.6 Å². The van der Waals surface area contributed by atoms with Gasteiger partial charge in [0.1, 0.15) is 36.6 Å². The lowest BCUT2D eigenvalue weighted by molar-refractivity contribution is -0.144. The molecule has 4 rings (SSSR count). The Hall–Kier alpha value is -6.53. The molecule has 11 N–H and O–H groups in total. The quantitative estimate of drug-likeness (QED) is 0.0169. The lowest BCUT2D eigenvalue weighted by Crippen LogP contribution is -2.53. The molecule has 0 saturated carbocycles. The van der Waals surface area contributed by atoms with E-state index in [2.05, 4.69) is 38.8 Å². The number of aliphatic hydroxyl groups excluding tert-OH is 1. The monoisotopic (exact) mass is 1120 g/mol. The van der Waals surface area contributed by atoms with E-state index in [1.165, 1.54) is 26.0 Å². The summed E-state index contributed by atoms with van der Waals surface area (Å²) in [7, 11) is 0. The van der Waals surface area contributed by atoms with E-state index in [0.717, 1.165) is 5.57 Å². The Kier molecular flexibility index (Phi) is 26.9. The largest absolute Gasteiger partial charge is 0.459 e. The molecule has 23 heteroatoms. The van der Waals surface area contributed by atoms with Crippen molar-refractivity contribution < 1.29 is 71.9 Å². The van der Waals surface area contributed by atoms with Crippen molar-refractivity contribution in [1.29, 1.82) is 0 Å². The van der Waals surface area contributed by atoms with Crippen LogP contribution in [-0.4, -0.2) is 145 Å². The number of rotatable bonds is 31. The molecule has 7 amide bonds. The number of alkyl carbamates (subject to hydrolysis) is 1. The number of hydrogen-bond donors (Lipinski definition) is 9. The van der Waals surface area contributed by atoms with Crippen LogP contribution < -0.4 is 43.4 Å². The average Bonchev–Trinajstić information content (AvgIpc) is 4.21. The molecule has 3 saturated heterocycles. The first-order chi connectivity index (χ1) is 37.9. The van der Waals surface area contributed by atoms with Gasteiger partial charge in [-0.1, -0.05) is 56.7 Å². The summed E-state index contributed by atoms with van der Waals surface area (Å²) in [6.45, 7) is 14.1. The summed E-state index contributed by atoms with van der Waals surface area (Å²) in [6.07, 6.45) is 7.96. The van der Waals surface area contributed by atoms with Gasteiger partial charge < -0.3 is 72.2 Å². The number of carbonyl (C=O) groups excluding carboxylic acids is 9. The van der Waals surface area contributed by atoms with Crippen LogP contribution in [0.4, 0.5) is 15.3 Å². The molecule has 3 heterocycles. The number of esters is 1. The zero-order chi connectivity index (χ0) is 59.1. The molecule has 0 bridgehead atoms. The number of allylic oxidation sites excluding steroid dienone is 2. The van der Waals surface area contributed by atoms with E-state index >= 15 is 0 Å². The van der Waals surface area contributed by atoms with Gasteiger partial charge in [0.05, 0.1) is 43.5 Å². The first-order valence-corrected chi connectivity index (χ1v) is 27.7. The first-order valence-electron chi connectivity index (χ1n) is 27.7. The maximum atomic E-state index is 13.8. The molecule has 0 radical (unpaired) electrons. The maximum absolute atomic E-state index is 13.8. The molecule has 3 aliphatic rings. The second-order valence-electron chi connectivity index (χ2n) is 21.6. The topological polar surface area (TPSA) is 348 Å². The van der Waals surface area contributed by atoms with Gasteiger partial charge in [-0.25, -0.2) is 9.59 Å². The minimum absolute atomic E-state index is 0.0465. The molecule has 1 spiro atoms. The number of benzene rings is 1. The number of carbonyl (C=O) groups is 9. The molecule has 80 heavy (non-hydrogen) atoms. The van der Waals surface area contributed by atoms with Crippen molar-refractivity contribution in [2.45, 2.75) is 187 Å². The predicted octanol–water partition coefficient (Wildman–Crippen LogP) is 3.60.